The summed E-state index contributed by atoms with van der Waals surface area (Å²) in [6, 6.07) is 4.00. The lowest BCUT2D eigenvalue weighted by Gasteiger charge is -2.25. The molecule has 0 bridgehead atoms. The zero-order valence-corrected chi connectivity index (χ0v) is 11.8. The minimum Gasteiger partial charge on any atom is -0.389 e. The second kappa shape index (κ2) is 6.51. The van der Waals surface area contributed by atoms with Gasteiger partial charge in [0.25, 0.3) is 5.91 Å². The number of hydrogen-bond donors (Lipinski definition) is 2. The van der Waals surface area contributed by atoms with Gasteiger partial charge in [-0.3, -0.25) is 4.79 Å². The number of carbonyl (C=O) groups excluding carboxylic acids is 1. The summed E-state index contributed by atoms with van der Waals surface area (Å²) in [5.41, 5.74) is -0.738. The van der Waals surface area contributed by atoms with E-state index in [0.717, 1.165) is 6.07 Å². The molecular formula is C15H18FNO3. The van der Waals surface area contributed by atoms with Crippen LogP contribution in [0.25, 0.3) is 0 Å². The van der Waals surface area contributed by atoms with Crippen molar-refractivity contribution in [1.82, 2.24) is 4.90 Å². The number of rotatable bonds is 3. The van der Waals surface area contributed by atoms with Crippen molar-refractivity contribution in [1.29, 1.82) is 0 Å². The summed E-state index contributed by atoms with van der Waals surface area (Å²) < 4.78 is 13.9. The fourth-order valence-electron chi connectivity index (χ4n) is 1.77. The molecule has 0 atom stereocenters. The molecule has 0 aliphatic carbocycles. The van der Waals surface area contributed by atoms with Crippen LogP contribution in [0.3, 0.4) is 0 Å². The van der Waals surface area contributed by atoms with Crippen molar-refractivity contribution in [2.75, 3.05) is 20.2 Å². The zero-order chi connectivity index (χ0) is 15.3. The zero-order valence-electron chi connectivity index (χ0n) is 11.8. The van der Waals surface area contributed by atoms with Gasteiger partial charge in [0.2, 0.25) is 0 Å². The average Bonchev–Trinajstić information content (AvgIpc) is 2.33. The van der Waals surface area contributed by atoms with E-state index in [9.17, 15) is 14.3 Å². The molecule has 0 fully saturated rings. The number of amides is 1. The van der Waals surface area contributed by atoms with Gasteiger partial charge in [-0.25, -0.2) is 4.39 Å². The smallest absolute Gasteiger partial charge is 0.256 e. The van der Waals surface area contributed by atoms with Gasteiger partial charge in [0.1, 0.15) is 12.4 Å². The average molecular weight is 279 g/mol. The lowest BCUT2D eigenvalue weighted by Crippen LogP contribution is -2.40. The summed E-state index contributed by atoms with van der Waals surface area (Å²) >= 11 is 0. The van der Waals surface area contributed by atoms with Crippen LogP contribution in [0.1, 0.15) is 29.8 Å². The molecule has 0 spiro atoms. The molecule has 0 aliphatic rings. The summed E-state index contributed by atoms with van der Waals surface area (Å²) in [6.07, 6.45) is 0. The molecule has 2 N–H and O–H groups in total. The first-order valence-electron chi connectivity index (χ1n) is 6.12. The molecule has 0 saturated heterocycles. The molecule has 1 aromatic carbocycles. The van der Waals surface area contributed by atoms with Crippen LogP contribution in [0, 0.1) is 17.7 Å². The third-order valence-corrected chi connectivity index (χ3v) is 2.48. The molecule has 0 radical (unpaired) electrons. The van der Waals surface area contributed by atoms with Gasteiger partial charge >= 0.3 is 0 Å². The molecule has 0 saturated carbocycles. The number of likely N-dealkylation sites (N-methyl/N-ethyl adjacent to an activating group) is 1. The highest BCUT2D eigenvalue weighted by molar-refractivity contribution is 5.94. The van der Waals surface area contributed by atoms with E-state index in [0.29, 0.717) is 5.56 Å². The van der Waals surface area contributed by atoms with E-state index in [1.54, 1.807) is 13.8 Å². The maximum atomic E-state index is 13.9. The van der Waals surface area contributed by atoms with Crippen molar-refractivity contribution in [2.24, 2.45) is 0 Å². The number of hydrogen-bond acceptors (Lipinski definition) is 3. The number of aliphatic hydroxyl groups is 2. The lowest BCUT2D eigenvalue weighted by atomic mass is 10.1. The van der Waals surface area contributed by atoms with Crippen molar-refractivity contribution >= 4 is 5.91 Å². The highest BCUT2D eigenvalue weighted by atomic mass is 19.1. The molecule has 108 valence electrons. The lowest BCUT2D eigenvalue weighted by molar-refractivity contribution is 0.0365. The minimum atomic E-state index is -1.05. The van der Waals surface area contributed by atoms with Crippen molar-refractivity contribution < 1.29 is 19.4 Å². The molecule has 0 unspecified atom stereocenters. The van der Waals surface area contributed by atoms with E-state index in [1.807, 2.05) is 0 Å². The molecule has 5 heteroatoms. The van der Waals surface area contributed by atoms with E-state index < -0.39 is 17.3 Å². The van der Waals surface area contributed by atoms with Crippen molar-refractivity contribution in [3.8, 4) is 11.8 Å². The maximum absolute atomic E-state index is 13.9. The molecular weight excluding hydrogens is 261 g/mol. The predicted octanol–water partition coefficient (Wildman–Crippen LogP) is 1.01. The molecule has 1 rings (SSSR count). The topological polar surface area (TPSA) is 60.8 Å². The standard InChI is InChI=1S/C15H18FNO3/c1-15(2,20)10-17(3)14(19)12-7-6-11(5-4-8-18)9-13(12)16/h6-7,9,18,20H,8,10H2,1-3H3. The monoisotopic (exact) mass is 279 g/mol. The molecule has 1 aromatic rings. The largest absolute Gasteiger partial charge is 0.389 e. The molecule has 1 amide bonds. The van der Waals surface area contributed by atoms with Crippen LogP contribution in [0.2, 0.25) is 0 Å². The number of carbonyl (C=O) groups is 1. The third kappa shape index (κ3) is 4.65. The van der Waals surface area contributed by atoms with E-state index in [-0.39, 0.29) is 18.7 Å². The Kier molecular flexibility index (Phi) is 5.26. The van der Waals surface area contributed by atoms with Crippen LogP contribution in [0.15, 0.2) is 18.2 Å². The summed E-state index contributed by atoms with van der Waals surface area (Å²) in [5, 5.41) is 18.2. The second-order valence-corrected chi connectivity index (χ2v) is 5.13. The normalized spacial score (nSPS) is 10.7. The maximum Gasteiger partial charge on any atom is 0.256 e. The molecule has 4 nitrogen and oxygen atoms in total. The van der Waals surface area contributed by atoms with E-state index in [2.05, 4.69) is 11.8 Å². The van der Waals surface area contributed by atoms with Crippen LogP contribution in [0.4, 0.5) is 4.39 Å². The van der Waals surface area contributed by atoms with Gasteiger partial charge in [-0.05, 0) is 32.0 Å². The minimum absolute atomic E-state index is 0.0775. The Bertz CT molecular complexity index is 552. The van der Waals surface area contributed by atoms with Gasteiger partial charge < -0.3 is 15.1 Å². The van der Waals surface area contributed by atoms with E-state index in [1.165, 1.54) is 24.1 Å². The Balaban J connectivity index is 2.94. The Hall–Kier alpha value is -1.90. The van der Waals surface area contributed by atoms with Crippen molar-refractivity contribution in [3.63, 3.8) is 0 Å². The van der Waals surface area contributed by atoms with Gasteiger partial charge in [0, 0.05) is 19.2 Å². The van der Waals surface area contributed by atoms with Gasteiger partial charge in [0.05, 0.1) is 11.2 Å². The molecule has 20 heavy (non-hydrogen) atoms. The number of nitrogens with zero attached hydrogens (tertiary/aromatic N) is 1. The van der Waals surface area contributed by atoms with Crippen molar-refractivity contribution in [2.45, 2.75) is 19.4 Å². The summed E-state index contributed by atoms with van der Waals surface area (Å²) in [5.74, 6) is 3.78. The van der Waals surface area contributed by atoms with Gasteiger partial charge in [0.15, 0.2) is 0 Å². The van der Waals surface area contributed by atoms with Gasteiger partial charge in [-0.1, -0.05) is 11.8 Å². The second-order valence-electron chi connectivity index (χ2n) is 5.13. The third-order valence-electron chi connectivity index (χ3n) is 2.48. The van der Waals surface area contributed by atoms with Crippen LogP contribution < -0.4 is 0 Å². The van der Waals surface area contributed by atoms with E-state index >= 15 is 0 Å². The molecule has 0 aromatic heterocycles. The Labute approximate surface area is 117 Å². The highest BCUT2D eigenvalue weighted by Crippen LogP contribution is 2.14. The molecule has 0 heterocycles. The Morgan fingerprint density at radius 3 is 2.60 bits per heavy atom. The van der Waals surface area contributed by atoms with Gasteiger partial charge in [-0.15, -0.1) is 0 Å². The van der Waals surface area contributed by atoms with Crippen LogP contribution >= 0.6 is 0 Å². The summed E-state index contributed by atoms with van der Waals surface area (Å²) in [7, 11) is 1.50. The van der Waals surface area contributed by atoms with E-state index in [4.69, 9.17) is 5.11 Å². The number of aliphatic hydroxyl groups excluding tert-OH is 1. The predicted molar refractivity (Wildman–Crippen MR) is 73.6 cm³/mol. The highest BCUT2D eigenvalue weighted by Gasteiger charge is 2.22. The first kappa shape index (κ1) is 16.2. The van der Waals surface area contributed by atoms with Crippen molar-refractivity contribution in [3.05, 3.63) is 35.1 Å². The SMILES string of the molecule is CN(CC(C)(C)O)C(=O)c1ccc(C#CCO)cc1F. The summed E-state index contributed by atoms with van der Waals surface area (Å²) in [6.45, 7) is 2.93. The first-order chi connectivity index (χ1) is 9.24. The Morgan fingerprint density at radius 2 is 2.10 bits per heavy atom. The fourth-order valence-corrected chi connectivity index (χ4v) is 1.77. The van der Waals surface area contributed by atoms with Gasteiger partial charge in [-0.2, -0.15) is 0 Å². The Morgan fingerprint density at radius 1 is 1.45 bits per heavy atom. The molecule has 0 aliphatic heterocycles. The first-order valence-corrected chi connectivity index (χ1v) is 6.12. The van der Waals surface area contributed by atoms with Crippen LogP contribution in [-0.4, -0.2) is 46.8 Å². The van der Waals surface area contributed by atoms with Crippen LogP contribution in [-0.2, 0) is 0 Å². The number of halogens is 1. The number of benzene rings is 1. The fraction of sp³-hybridized carbons (Fsp3) is 0.400. The quantitative estimate of drug-likeness (QED) is 0.812. The van der Waals surface area contributed by atoms with Crippen LogP contribution in [0.5, 0.6) is 0 Å². The summed E-state index contributed by atoms with van der Waals surface area (Å²) in [4.78, 5) is 13.3.